The van der Waals surface area contributed by atoms with E-state index in [0.717, 1.165) is 46.5 Å². The fourth-order valence-corrected chi connectivity index (χ4v) is 6.19. The zero-order valence-electron chi connectivity index (χ0n) is 31.7. The first-order valence-electron chi connectivity index (χ1n) is 17.5. The third kappa shape index (κ3) is 15.0. The van der Waals surface area contributed by atoms with Gasteiger partial charge in [0.05, 0.1) is 8.95 Å². The van der Waals surface area contributed by atoms with E-state index in [4.69, 9.17) is 30.1 Å². The van der Waals surface area contributed by atoms with Gasteiger partial charge < -0.3 is 44.3 Å². The van der Waals surface area contributed by atoms with E-state index >= 15 is 0 Å². The summed E-state index contributed by atoms with van der Waals surface area (Å²) in [4.78, 5) is 36.7. The average Bonchev–Trinajstić information content (AvgIpc) is 3.09. The standard InChI is InChI=1S/C23H34BrFN4O5.C13H18BrFN4O/c1-22(2,3)33-20(30)26-19(27-21(31)34-23(4,5)6)29-12-10-28(11-13-29)16-7-8-18(17(24)15-16)32-14-9-25;14-11-9-10(1-2-12(11)20-8-3-15)18-4-6-19(7-5-18)13(16)17/h7-8,15H,9-14H2,1-6H3,(H,26,27,30,31);1-2,9H,3-8H2,(H3,16,17). The molecule has 0 aromatic heterocycles. The first-order chi connectivity index (χ1) is 25.4. The van der Waals surface area contributed by atoms with Crippen molar-refractivity contribution in [2.45, 2.75) is 52.7 Å². The minimum Gasteiger partial charge on any atom is -0.490 e. The second-order valence-corrected chi connectivity index (χ2v) is 15.9. The molecule has 4 rings (SSSR count). The second-order valence-electron chi connectivity index (χ2n) is 14.2. The lowest BCUT2D eigenvalue weighted by molar-refractivity contribution is 0.0554. The van der Waals surface area contributed by atoms with E-state index in [9.17, 15) is 18.4 Å². The van der Waals surface area contributed by atoms with Crippen molar-refractivity contribution in [2.75, 3.05) is 88.7 Å². The van der Waals surface area contributed by atoms with Crippen LogP contribution in [0.4, 0.5) is 29.7 Å². The quantitative estimate of drug-likeness (QED) is 0.195. The first-order valence-corrected chi connectivity index (χ1v) is 19.1. The number of alkyl carbamates (subject to hydrolysis) is 1. The molecule has 0 radical (unpaired) electrons. The van der Waals surface area contributed by atoms with E-state index in [1.807, 2.05) is 35.2 Å². The summed E-state index contributed by atoms with van der Waals surface area (Å²) in [7, 11) is 0. The number of halogens is 4. The number of ether oxygens (including phenoxy) is 4. The Balaban J connectivity index is 0.000000331. The summed E-state index contributed by atoms with van der Waals surface area (Å²) in [5.74, 6) is 1.43. The molecule has 18 heteroatoms. The molecule has 0 unspecified atom stereocenters. The molecule has 0 bridgehead atoms. The monoisotopic (exact) mass is 888 g/mol. The number of piperazine rings is 2. The van der Waals surface area contributed by atoms with E-state index in [-0.39, 0.29) is 25.1 Å². The van der Waals surface area contributed by atoms with Gasteiger partial charge in [0, 0.05) is 63.7 Å². The Bertz CT molecular complexity index is 1590. The number of amides is 2. The summed E-state index contributed by atoms with van der Waals surface area (Å²) in [6.07, 6.45) is -1.50. The molecule has 0 saturated carbocycles. The Morgan fingerprint density at radius 2 is 1.19 bits per heavy atom. The molecular formula is C36H52Br2F2N8O6. The minimum absolute atomic E-state index is 0.00102. The van der Waals surface area contributed by atoms with Crippen molar-refractivity contribution >= 4 is 67.3 Å². The molecule has 14 nitrogen and oxygen atoms in total. The fraction of sp³-hybridized carbons (Fsp3) is 0.556. The van der Waals surface area contributed by atoms with Crippen molar-refractivity contribution in [3.05, 3.63) is 45.3 Å². The molecular weight excluding hydrogens is 838 g/mol. The minimum atomic E-state index is -0.797. The number of anilines is 2. The van der Waals surface area contributed by atoms with Gasteiger partial charge in [-0.15, -0.1) is 4.99 Å². The van der Waals surface area contributed by atoms with Crippen molar-refractivity contribution in [1.29, 1.82) is 5.41 Å². The van der Waals surface area contributed by atoms with Crippen molar-refractivity contribution in [3.8, 4) is 11.5 Å². The molecule has 54 heavy (non-hydrogen) atoms. The van der Waals surface area contributed by atoms with Crippen molar-refractivity contribution in [1.82, 2.24) is 15.1 Å². The number of hydrogen-bond acceptors (Lipinski definition) is 9. The smallest absolute Gasteiger partial charge is 0.437 e. The number of benzene rings is 2. The van der Waals surface area contributed by atoms with Crippen LogP contribution in [0.1, 0.15) is 41.5 Å². The Kier molecular flexibility index (Phi) is 16.9. The number of rotatable bonds is 8. The Morgan fingerprint density at radius 1 is 0.759 bits per heavy atom. The number of nitrogens with one attached hydrogen (secondary N) is 2. The molecule has 2 saturated heterocycles. The molecule has 2 fully saturated rings. The molecule has 2 aliphatic heterocycles. The number of guanidine groups is 2. The Labute approximate surface area is 333 Å². The summed E-state index contributed by atoms with van der Waals surface area (Å²) in [6.45, 7) is 14.8. The summed E-state index contributed by atoms with van der Waals surface area (Å²) in [5, 5.41) is 10.0. The highest BCUT2D eigenvalue weighted by Crippen LogP contribution is 2.31. The number of carbonyl (C=O) groups is 2. The third-order valence-electron chi connectivity index (χ3n) is 7.63. The molecule has 0 atom stereocenters. The summed E-state index contributed by atoms with van der Waals surface area (Å²) >= 11 is 6.90. The highest BCUT2D eigenvalue weighted by atomic mass is 79.9. The van der Waals surface area contributed by atoms with Crippen LogP contribution in [0.5, 0.6) is 11.5 Å². The number of nitrogens with two attached hydrogens (primary N) is 1. The lowest BCUT2D eigenvalue weighted by Crippen LogP contribution is -2.54. The molecule has 4 N–H and O–H groups in total. The maximum absolute atomic E-state index is 12.4. The van der Waals surface area contributed by atoms with E-state index in [2.05, 4.69) is 52.0 Å². The van der Waals surface area contributed by atoms with Crippen molar-refractivity contribution in [3.63, 3.8) is 0 Å². The predicted molar refractivity (Wildman–Crippen MR) is 214 cm³/mol. The lowest BCUT2D eigenvalue weighted by atomic mass is 10.2. The van der Waals surface area contributed by atoms with Gasteiger partial charge in [-0.2, -0.15) is 0 Å². The third-order valence-corrected chi connectivity index (χ3v) is 8.87. The second kappa shape index (κ2) is 20.6. The van der Waals surface area contributed by atoms with Gasteiger partial charge >= 0.3 is 12.2 Å². The molecule has 0 spiro atoms. The fourth-order valence-electron chi connectivity index (χ4n) is 5.23. The first kappa shape index (κ1) is 44.3. The Hall–Kier alpha value is -4.06. The van der Waals surface area contributed by atoms with Gasteiger partial charge in [-0.25, -0.2) is 18.4 Å². The van der Waals surface area contributed by atoms with E-state index in [0.29, 0.717) is 37.7 Å². The van der Waals surface area contributed by atoms with Gasteiger partial charge in [0.1, 0.15) is 49.3 Å². The van der Waals surface area contributed by atoms with Crippen LogP contribution >= 0.6 is 31.9 Å². The Morgan fingerprint density at radius 3 is 1.56 bits per heavy atom. The van der Waals surface area contributed by atoms with Gasteiger partial charge in [-0.05, 0) is 110 Å². The van der Waals surface area contributed by atoms with Gasteiger partial charge in [-0.3, -0.25) is 10.7 Å². The topological polar surface area (TPSA) is 158 Å². The molecule has 300 valence electrons. The summed E-state index contributed by atoms with van der Waals surface area (Å²) < 4.78 is 47.3. The highest BCUT2D eigenvalue weighted by Gasteiger charge is 2.26. The normalized spacial score (nSPS) is 15.2. The number of carbonyl (C=O) groups excluding carboxylic acids is 2. The zero-order valence-corrected chi connectivity index (χ0v) is 34.9. The van der Waals surface area contributed by atoms with Crippen LogP contribution in [0, 0.1) is 5.41 Å². The van der Waals surface area contributed by atoms with E-state index in [1.54, 1.807) is 52.5 Å². The largest absolute Gasteiger partial charge is 0.490 e. The van der Waals surface area contributed by atoms with Crippen LogP contribution in [0.25, 0.3) is 0 Å². The molecule has 0 aliphatic carbocycles. The number of alkyl halides is 2. The van der Waals surface area contributed by atoms with Crippen LogP contribution in [-0.2, 0) is 9.47 Å². The molecule has 2 heterocycles. The maximum atomic E-state index is 12.4. The zero-order chi connectivity index (χ0) is 40.1. The lowest BCUT2D eigenvalue weighted by Gasteiger charge is -2.37. The van der Waals surface area contributed by atoms with E-state index in [1.165, 1.54) is 0 Å². The van der Waals surface area contributed by atoms with Gasteiger partial charge in [0.2, 0.25) is 5.96 Å². The van der Waals surface area contributed by atoms with E-state index < -0.39 is 36.7 Å². The van der Waals surface area contributed by atoms with Crippen LogP contribution in [-0.4, -0.2) is 124 Å². The average molecular weight is 891 g/mol. The van der Waals surface area contributed by atoms with Crippen molar-refractivity contribution < 1.29 is 37.3 Å². The SMILES string of the molecule is CC(C)(C)OC(=O)N=C(NC(=O)OC(C)(C)C)N1CCN(c2ccc(OCCF)c(Br)c2)CC1.N=C(N)N1CCN(c2ccc(OCCF)c(Br)c2)CC1. The van der Waals surface area contributed by atoms with Gasteiger partial charge in [-0.1, -0.05) is 0 Å². The number of nitrogens with zero attached hydrogens (tertiary/aromatic N) is 5. The molecule has 2 aliphatic rings. The van der Waals surface area contributed by atoms with Gasteiger partial charge in [0.15, 0.2) is 5.96 Å². The summed E-state index contributed by atoms with van der Waals surface area (Å²) in [6, 6.07) is 11.4. The summed E-state index contributed by atoms with van der Waals surface area (Å²) in [5.41, 5.74) is 6.10. The van der Waals surface area contributed by atoms with Crippen LogP contribution in [0.15, 0.2) is 50.3 Å². The van der Waals surface area contributed by atoms with Crippen LogP contribution in [0.3, 0.4) is 0 Å². The van der Waals surface area contributed by atoms with Crippen LogP contribution in [0.2, 0.25) is 0 Å². The van der Waals surface area contributed by atoms with Crippen molar-refractivity contribution in [2.24, 2.45) is 10.7 Å². The van der Waals surface area contributed by atoms with Crippen LogP contribution < -0.4 is 30.3 Å². The number of aliphatic imine (C=N–C) groups is 1. The maximum Gasteiger partial charge on any atom is 0.437 e. The highest BCUT2D eigenvalue weighted by molar-refractivity contribution is 9.11. The molecule has 2 aromatic carbocycles. The van der Waals surface area contributed by atoms with Gasteiger partial charge in [0.25, 0.3) is 0 Å². The molecule has 2 aromatic rings. The number of hydrogen-bond donors (Lipinski definition) is 3. The predicted octanol–water partition coefficient (Wildman–Crippen LogP) is 6.55. The molecule has 2 amide bonds.